The lowest BCUT2D eigenvalue weighted by Crippen LogP contribution is -2.23. The lowest BCUT2D eigenvalue weighted by molar-refractivity contribution is -0.146. The number of rotatable bonds is 6. The third-order valence-electron chi connectivity index (χ3n) is 3.38. The van der Waals surface area contributed by atoms with Crippen molar-refractivity contribution in [2.45, 2.75) is 45.1 Å². The summed E-state index contributed by atoms with van der Waals surface area (Å²) in [6.07, 6.45) is 1.18. The van der Waals surface area contributed by atoms with Gasteiger partial charge in [-0.25, -0.2) is 0 Å². The van der Waals surface area contributed by atoms with Gasteiger partial charge in [-0.3, -0.25) is 4.79 Å². The fourth-order valence-corrected chi connectivity index (χ4v) is 2.12. The molecule has 1 heterocycles. The van der Waals surface area contributed by atoms with Crippen LogP contribution in [0.25, 0.3) is 0 Å². The van der Waals surface area contributed by atoms with E-state index < -0.39 is 5.41 Å². The maximum atomic E-state index is 11.9. The van der Waals surface area contributed by atoms with Gasteiger partial charge in [0.05, 0.1) is 6.61 Å². The van der Waals surface area contributed by atoms with E-state index in [0.29, 0.717) is 31.2 Å². The van der Waals surface area contributed by atoms with Gasteiger partial charge in [0.2, 0.25) is 11.7 Å². The molecule has 1 aromatic heterocycles. The van der Waals surface area contributed by atoms with Gasteiger partial charge in [0.15, 0.2) is 0 Å². The van der Waals surface area contributed by atoms with Crippen LogP contribution >= 0.6 is 0 Å². The van der Waals surface area contributed by atoms with E-state index in [-0.39, 0.29) is 18.0 Å². The molecule has 19 heavy (non-hydrogen) atoms. The van der Waals surface area contributed by atoms with Crippen molar-refractivity contribution in [3.05, 3.63) is 11.7 Å². The molecule has 0 spiro atoms. The van der Waals surface area contributed by atoms with Crippen molar-refractivity contribution in [1.82, 2.24) is 10.1 Å². The maximum Gasteiger partial charge on any atom is 0.321 e. The Morgan fingerprint density at radius 3 is 2.63 bits per heavy atom. The highest BCUT2D eigenvalue weighted by Crippen LogP contribution is 2.48. The Bertz CT molecular complexity index is 451. The Labute approximate surface area is 112 Å². The summed E-state index contributed by atoms with van der Waals surface area (Å²) in [5, 5.41) is 3.94. The highest BCUT2D eigenvalue weighted by atomic mass is 16.5. The largest absolute Gasteiger partial charge is 0.465 e. The number of carbonyl (C=O) groups excluding carboxylic acids is 1. The van der Waals surface area contributed by atoms with Gasteiger partial charge < -0.3 is 14.0 Å². The van der Waals surface area contributed by atoms with Crippen LogP contribution in [0.5, 0.6) is 0 Å². The summed E-state index contributed by atoms with van der Waals surface area (Å²) in [6, 6.07) is 0. The Morgan fingerprint density at radius 1 is 1.47 bits per heavy atom. The van der Waals surface area contributed by atoms with E-state index in [1.807, 2.05) is 13.8 Å². The smallest absolute Gasteiger partial charge is 0.321 e. The van der Waals surface area contributed by atoms with Crippen molar-refractivity contribution in [3.8, 4) is 0 Å². The molecule has 0 aromatic carbocycles. The number of ether oxygens (including phenoxy) is 2. The second-order valence-electron chi connectivity index (χ2n) is 5.16. The topological polar surface area (TPSA) is 74.5 Å². The molecule has 1 atom stereocenters. The van der Waals surface area contributed by atoms with Crippen LogP contribution in [0.1, 0.15) is 51.4 Å². The highest BCUT2D eigenvalue weighted by Gasteiger charge is 2.57. The zero-order valence-electron chi connectivity index (χ0n) is 11.8. The van der Waals surface area contributed by atoms with Gasteiger partial charge in [-0.15, -0.1) is 0 Å². The van der Waals surface area contributed by atoms with Crippen LogP contribution < -0.4 is 0 Å². The van der Waals surface area contributed by atoms with Crippen LogP contribution in [-0.4, -0.2) is 29.8 Å². The number of hydrogen-bond acceptors (Lipinski definition) is 6. The van der Waals surface area contributed by atoms with Gasteiger partial charge >= 0.3 is 5.97 Å². The van der Waals surface area contributed by atoms with Crippen LogP contribution in [0.3, 0.4) is 0 Å². The van der Waals surface area contributed by atoms with E-state index in [0.717, 1.165) is 0 Å². The van der Waals surface area contributed by atoms with Crippen molar-refractivity contribution >= 4 is 5.97 Å². The van der Waals surface area contributed by atoms with Crippen LogP contribution in [0.15, 0.2) is 4.52 Å². The first-order chi connectivity index (χ1) is 9.05. The Morgan fingerprint density at radius 2 is 2.16 bits per heavy atom. The first-order valence-corrected chi connectivity index (χ1v) is 6.59. The summed E-state index contributed by atoms with van der Waals surface area (Å²) in [5.74, 6) is 0.795. The van der Waals surface area contributed by atoms with E-state index in [2.05, 4.69) is 10.1 Å². The van der Waals surface area contributed by atoms with Gasteiger partial charge in [-0.1, -0.05) is 19.0 Å². The molecule has 0 bridgehead atoms. The van der Waals surface area contributed by atoms with Crippen molar-refractivity contribution in [1.29, 1.82) is 0 Å². The first-order valence-electron chi connectivity index (χ1n) is 6.59. The molecule has 1 fully saturated rings. The third-order valence-corrected chi connectivity index (χ3v) is 3.38. The summed E-state index contributed by atoms with van der Waals surface area (Å²) in [4.78, 5) is 16.3. The fraction of sp³-hybridized carbons (Fsp3) is 0.769. The number of aromatic nitrogens is 2. The molecule has 2 rings (SSSR count). The number of hydrogen-bond donors (Lipinski definition) is 0. The SMILES string of the molecule is CCOC(=O)C1(c2nc(C(OC)C(C)C)no2)CC1. The molecule has 1 saturated carbocycles. The van der Waals surface area contributed by atoms with E-state index in [9.17, 15) is 4.79 Å². The summed E-state index contributed by atoms with van der Waals surface area (Å²) in [7, 11) is 1.61. The molecule has 0 amide bonds. The molecule has 0 saturated heterocycles. The van der Waals surface area contributed by atoms with E-state index in [1.54, 1.807) is 14.0 Å². The fourth-order valence-electron chi connectivity index (χ4n) is 2.12. The number of carbonyl (C=O) groups is 1. The van der Waals surface area contributed by atoms with E-state index in [1.165, 1.54) is 0 Å². The maximum absolute atomic E-state index is 11.9. The van der Waals surface area contributed by atoms with Crippen molar-refractivity contribution < 1.29 is 18.8 Å². The molecule has 1 unspecified atom stereocenters. The van der Waals surface area contributed by atoms with Crippen molar-refractivity contribution in [2.24, 2.45) is 5.92 Å². The molecule has 0 aliphatic heterocycles. The normalized spacial score (nSPS) is 18.4. The monoisotopic (exact) mass is 268 g/mol. The van der Waals surface area contributed by atoms with Gasteiger partial charge in [0.1, 0.15) is 11.5 Å². The zero-order chi connectivity index (χ0) is 14.0. The molecule has 6 heteroatoms. The number of esters is 1. The summed E-state index contributed by atoms with van der Waals surface area (Å²) < 4.78 is 15.7. The predicted molar refractivity (Wildman–Crippen MR) is 66.4 cm³/mol. The molecule has 1 aliphatic carbocycles. The van der Waals surface area contributed by atoms with Crippen LogP contribution in [0.2, 0.25) is 0 Å². The average Bonchev–Trinajstić information content (AvgIpc) is 3.04. The van der Waals surface area contributed by atoms with Crippen LogP contribution in [0, 0.1) is 5.92 Å². The zero-order valence-corrected chi connectivity index (χ0v) is 11.8. The van der Waals surface area contributed by atoms with Gasteiger partial charge in [-0.05, 0) is 25.7 Å². The minimum Gasteiger partial charge on any atom is -0.465 e. The Balaban J connectivity index is 2.19. The quantitative estimate of drug-likeness (QED) is 0.735. The molecule has 0 radical (unpaired) electrons. The Hall–Kier alpha value is -1.43. The first kappa shape index (κ1) is 14.0. The lowest BCUT2D eigenvalue weighted by atomic mass is 10.1. The molecular weight excluding hydrogens is 248 g/mol. The second kappa shape index (κ2) is 5.28. The molecule has 6 nitrogen and oxygen atoms in total. The Kier molecular flexibility index (Phi) is 3.89. The summed E-state index contributed by atoms with van der Waals surface area (Å²) in [6.45, 7) is 6.17. The molecular formula is C13H20N2O4. The van der Waals surface area contributed by atoms with Crippen LogP contribution in [0.4, 0.5) is 0 Å². The van der Waals surface area contributed by atoms with Gasteiger partial charge in [0, 0.05) is 7.11 Å². The highest BCUT2D eigenvalue weighted by molar-refractivity contribution is 5.85. The second-order valence-corrected chi connectivity index (χ2v) is 5.16. The molecule has 1 aliphatic rings. The number of nitrogens with zero attached hydrogens (tertiary/aromatic N) is 2. The third kappa shape index (κ3) is 2.49. The average molecular weight is 268 g/mol. The molecule has 106 valence electrons. The van der Waals surface area contributed by atoms with Crippen molar-refractivity contribution in [2.75, 3.05) is 13.7 Å². The minimum atomic E-state index is -0.712. The molecule has 0 N–H and O–H groups in total. The van der Waals surface area contributed by atoms with E-state index >= 15 is 0 Å². The summed E-state index contributed by atoms with van der Waals surface area (Å²) >= 11 is 0. The van der Waals surface area contributed by atoms with Crippen LogP contribution in [-0.2, 0) is 19.7 Å². The standard InChI is InChI=1S/C13H20N2O4/c1-5-18-12(16)13(6-7-13)11-14-10(15-19-11)9(17-4)8(2)3/h8-9H,5-7H2,1-4H3. The summed E-state index contributed by atoms with van der Waals surface area (Å²) in [5.41, 5.74) is -0.712. The molecule has 1 aromatic rings. The van der Waals surface area contributed by atoms with Crippen molar-refractivity contribution in [3.63, 3.8) is 0 Å². The van der Waals surface area contributed by atoms with E-state index in [4.69, 9.17) is 14.0 Å². The minimum absolute atomic E-state index is 0.226. The lowest BCUT2D eigenvalue weighted by Gasteiger charge is -2.14. The predicted octanol–water partition coefficient (Wildman–Crippen LogP) is 2.01. The number of methoxy groups -OCH3 is 1. The van der Waals surface area contributed by atoms with Gasteiger partial charge in [0.25, 0.3) is 0 Å². The van der Waals surface area contributed by atoms with Gasteiger partial charge in [-0.2, -0.15) is 4.98 Å².